The summed E-state index contributed by atoms with van der Waals surface area (Å²) in [5, 5.41) is 10.8. The van der Waals surface area contributed by atoms with Crippen molar-refractivity contribution in [2.45, 2.75) is 56.8 Å². The minimum atomic E-state index is -1.74. The Bertz CT molecular complexity index is 1400. The predicted octanol–water partition coefficient (Wildman–Crippen LogP) is 1.50. The van der Waals surface area contributed by atoms with Gasteiger partial charge in [0.25, 0.3) is 0 Å². The lowest BCUT2D eigenvalue weighted by Crippen LogP contribution is -2.59. The number of amides is 3. The summed E-state index contributed by atoms with van der Waals surface area (Å²) in [6, 6.07) is 11.9. The first-order chi connectivity index (χ1) is 19.9. The van der Waals surface area contributed by atoms with E-state index < -0.39 is 59.6 Å². The molecule has 4 rings (SSSR count). The maximum atomic E-state index is 13.5. The van der Waals surface area contributed by atoms with Crippen molar-refractivity contribution in [3.63, 3.8) is 0 Å². The summed E-state index contributed by atoms with van der Waals surface area (Å²) in [5.41, 5.74) is 2.46. The number of esters is 2. The zero-order chi connectivity index (χ0) is 30.7. The average molecular weight is 581 g/mol. The highest BCUT2D eigenvalue weighted by Gasteiger charge is 2.57. The zero-order valence-corrected chi connectivity index (χ0v) is 24.3. The van der Waals surface area contributed by atoms with Crippen LogP contribution in [-0.2, 0) is 39.8 Å². The predicted molar refractivity (Wildman–Crippen MR) is 151 cm³/mol. The van der Waals surface area contributed by atoms with Crippen molar-refractivity contribution >= 4 is 29.8 Å². The molecule has 0 unspecified atom stereocenters. The molecule has 1 heterocycles. The van der Waals surface area contributed by atoms with Gasteiger partial charge in [-0.15, -0.1) is 0 Å². The van der Waals surface area contributed by atoms with E-state index in [2.05, 4.69) is 32.1 Å². The standard InChI is InChI=1S/C30H36N4O8/c1-29(2,3)42-28(39)32-15-23(35)34-30(27(38)41-5)14-22(26(37)31-16-24(36)40-4)33-25(30)19-11-10-18-12-17-8-6-7-9-20(17)21(18)13-19/h6-11,13,22,25,33H,12,14-16H2,1-5H3,(H,31,37)(H,32,39)(H,34,35)/t22-,25-,30+/m1/s1. The van der Waals surface area contributed by atoms with Gasteiger partial charge >= 0.3 is 18.0 Å². The summed E-state index contributed by atoms with van der Waals surface area (Å²) in [6.07, 6.45) is -0.232. The van der Waals surface area contributed by atoms with Crippen LogP contribution in [-0.4, -0.2) is 74.3 Å². The van der Waals surface area contributed by atoms with Gasteiger partial charge in [0.05, 0.1) is 26.3 Å². The minimum absolute atomic E-state index is 0.191. The molecule has 1 aliphatic heterocycles. The summed E-state index contributed by atoms with van der Waals surface area (Å²) in [4.78, 5) is 63.6. The van der Waals surface area contributed by atoms with Gasteiger partial charge < -0.3 is 30.2 Å². The number of alkyl carbamates (subject to hydrolysis) is 1. The third-order valence-corrected chi connectivity index (χ3v) is 7.20. The van der Waals surface area contributed by atoms with E-state index in [-0.39, 0.29) is 13.0 Å². The van der Waals surface area contributed by atoms with Crippen LogP contribution in [0.5, 0.6) is 0 Å². The number of methoxy groups -OCH3 is 2. The summed E-state index contributed by atoms with van der Waals surface area (Å²) in [6.45, 7) is 4.21. The number of carbonyl (C=O) groups excluding carboxylic acids is 5. The van der Waals surface area contributed by atoms with Gasteiger partial charge in [-0.25, -0.2) is 9.59 Å². The Kier molecular flexibility index (Phi) is 8.86. The van der Waals surface area contributed by atoms with Crippen LogP contribution in [0.3, 0.4) is 0 Å². The Morgan fingerprint density at radius 3 is 2.33 bits per heavy atom. The van der Waals surface area contributed by atoms with Gasteiger partial charge in [-0.1, -0.05) is 36.4 Å². The molecule has 12 nitrogen and oxygen atoms in total. The number of fused-ring (bicyclic) bond motifs is 3. The quantitative estimate of drug-likeness (QED) is 0.229. The second-order valence-electron chi connectivity index (χ2n) is 11.3. The van der Waals surface area contributed by atoms with Gasteiger partial charge in [-0.05, 0) is 61.1 Å². The Hall–Kier alpha value is -4.45. The normalized spacial score (nSPS) is 20.5. The highest BCUT2D eigenvalue weighted by atomic mass is 16.6. The Balaban J connectivity index is 1.67. The molecule has 0 spiro atoms. The van der Waals surface area contributed by atoms with Crippen LogP contribution in [0.15, 0.2) is 42.5 Å². The maximum Gasteiger partial charge on any atom is 0.408 e. The van der Waals surface area contributed by atoms with Crippen LogP contribution in [0.2, 0.25) is 0 Å². The fourth-order valence-electron chi connectivity index (χ4n) is 5.38. The van der Waals surface area contributed by atoms with Crippen LogP contribution in [0.4, 0.5) is 4.79 Å². The van der Waals surface area contributed by atoms with E-state index in [1.807, 2.05) is 36.4 Å². The monoisotopic (exact) mass is 580 g/mol. The van der Waals surface area contributed by atoms with Crippen molar-refractivity contribution in [3.8, 4) is 11.1 Å². The van der Waals surface area contributed by atoms with Crippen molar-refractivity contribution in [3.05, 3.63) is 59.2 Å². The molecular weight excluding hydrogens is 544 g/mol. The van der Waals surface area contributed by atoms with E-state index in [4.69, 9.17) is 9.47 Å². The number of rotatable bonds is 8. The third kappa shape index (κ3) is 6.54. The lowest BCUT2D eigenvalue weighted by atomic mass is 9.83. The molecule has 0 aromatic heterocycles. The average Bonchev–Trinajstić information content (AvgIpc) is 3.52. The summed E-state index contributed by atoms with van der Waals surface area (Å²) < 4.78 is 15.0. The van der Waals surface area contributed by atoms with Gasteiger partial charge in [-0.3, -0.25) is 19.7 Å². The van der Waals surface area contributed by atoms with E-state index in [1.165, 1.54) is 19.8 Å². The molecule has 1 fully saturated rings. The molecule has 3 amide bonds. The molecule has 42 heavy (non-hydrogen) atoms. The third-order valence-electron chi connectivity index (χ3n) is 7.20. The fourth-order valence-corrected chi connectivity index (χ4v) is 5.38. The number of hydrogen-bond acceptors (Lipinski definition) is 9. The van der Waals surface area contributed by atoms with Crippen LogP contribution in [0.25, 0.3) is 11.1 Å². The van der Waals surface area contributed by atoms with E-state index >= 15 is 0 Å². The van der Waals surface area contributed by atoms with Gasteiger partial charge in [0, 0.05) is 6.42 Å². The molecule has 1 aliphatic carbocycles. The number of nitrogens with one attached hydrogen (secondary N) is 4. The van der Waals surface area contributed by atoms with Crippen molar-refractivity contribution < 1.29 is 38.2 Å². The SMILES string of the molecule is COC(=O)CNC(=O)[C@H]1C[C@@](NC(=O)CNC(=O)OC(C)(C)C)(C(=O)OC)[C@@H](c2ccc3c(c2)-c2ccccc2C3)N1. The molecule has 0 radical (unpaired) electrons. The summed E-state index contributed by atoms with van der Waals surface area (Å²) in [7, 11) is 2.39. The van der Waals surface area contributed by atoms with E-state index in [9.17, 15) is 24.0 Å². The Morgan fingerprint density at radius 1 is 0.929 bits per heavy atom. The topological polar surface area (TPSA) is 161 Å². The molecule has 0 saturated carbocycles. The molecule has 0 bridgehead atoms. The number of benzene rings is 2. The molecule has 1 saturated heterocycles. The highest BCUT2D eigenvalue weighted by molar-refractivity contribution is 5.94. The largest absolute Gasteiger partial charge is 0.468 e. The van der Waals surface area contributed by atoms with Crippen LogP contribution in [0, 0.1) is 0 Å². The first-order valence-electron chi connectivity index (χ1n) is 13.5. The molecule has 3 atom stereocenters. The molecule has 12 heteroatoms. The highest BCUT2D eigenvalue weighted by Crippen LogP contribution is 2.42. The first kappa shape index (κ1) is 30.5. The van der Waals surface area contributed by atoms with Crippen LogP contribution < -0.4 is 21.3 Å². The molecule has 2 aromatic rings. The molecule has 2 aliphatic rings. The van der Waals surface area contributed by atoms with Gasteiger partial charge in [0.15, 0.2) is 5.54 Å². The van der Waals surface area contributed by atoms with Crippen LogP contribution >= 0.6 is 0 Å². The van der Waals surface area contributed by atoms with Gasteiger partial charge in [-0.2, -0.15) is 0 Å². The van der Waals surface area contributed by atoms with E-state index in [0.29, 0.717) is 5.56 Å². The van der Waals surface area contributed by atoms with Crippen molar-refractivity contribution in [1.29, 1.82) is 0 Å². The lowest BCUT2D eigenvalue weighted by molar-refractivity contribution is -0.151. The first-order valence-corrected chi connectivity index (χ1v) is 13.5. The van der Waals surface area contributed by atoms with Crippen molar-refractivity contribution in [1.82, 2.24) is 21.3 Å². The summed E-state index contributed by atoms with van der Waals surface area (Å²) in [5.74, 6) is -2.69. The lowest BCUT2D eigenvalue weighted by Gasteiger charge is -2.33. The Morgan fingerprint density at radius 2 is 1.64 bits per heavy atom. The van der Waals surface area contributed by atoms with Gasteiger partial charge in [0.2, 0.25) is 11.8 Å². The zero-order valence-electron chi connectivity index (χ0n) is 24.3. The molecule has 2 aromatic carbocycles. The number of hydrogen-bond donors (Lipinski definition) is 4. The smallest absolute Gasteiger partial charge is 0.408 e. The summed E-state index contributed by atoms with van der Waals surface area (Å²) >= 11 is 0. The van der Waals surface area contributed by atoms with E-state index in [1.54, 1.807) is 20.8 Å². The molecule has 224 valence electrons. The number of carbonyl (C=O) groups is 5. The number of ether oxygens (including phenoxy) is 3. The molecule has 4 N–H and O–H groups in total. The minimum Gasteiger partial charge on any atom is -0.468 e. The van der Waals surface area contributed by atoms with Crippen molar-refractivity contribution in [2.75, 3.05) is 27.3 Å². The van der Waals surface area contributed by atoms with Crippen molar-refractivity contribution in [2.24, 2.45) is 0 Å². The van der Waals surface area contributed by atoms with Crippen LogP contribution in [0.1, 0.15) is 49.9 Å². The fraction of sp³-hybridized carbons (Fsp3) is 0.433. The Labute approximate surface area is 243 Å². The second-order valence-corrected chi connectivity index (χ2v) is 11.3. The maximum absolute atomic E-state index is 13.5. The van der Waals surface area contributed by atoms with Gasteiger partial charge in [0.1, 0.15) is 18.7 Å². The van der Waals surface area contributed by atoms with E-state index in [0.717, 1.165) is 23.1 Å². The molecular formula is C30H36N4O8. The second kappa shape index (κ2) is 12.2.